The number of hydrogen-bond acceptors (Lipinski definition) is 6. The normalized spacial score (nSPS) is 10.9. The van der Waals surface area contributed by atoms with Crippen molar-refractivity contribution in [3.63, 3.8) is 0 Å². The Hall–Kier alpha value is -2.48. The van der Waals surface area contributed by atoms with Gasteiger partial charge >= 0.3 is 0 Å². The lowest BCUT2D eigenvalue weighted by Gasteiger charge is -2.10. The van der Waals surface area contributed by atoms with Crippen LogP contribution >= 0.6 is 12.2 Å². The maximum Gasteiger partial charge on any atom is 0.296 e. The molecule has 0 unspecified atom stereocenters. The van der Waals surface area contributed by atoms with Crippen LogP contribution in [-0.2, 0) is 0 Å². The maximum absolute atomic E-state index is 12.0. The minimum atomic E-state index is -0.367. The lowest BCUT2D eigenvalue weighted by Crippen LogP contribution is -2.22. The molecule has 0 fully saturated rings. The van der Waals surface area contributed by atoms with E-state index in [1.54, 1.807) is 13.0 Å². The fraction of sp³-hybridized carbons (Fsp3) is 0.333. The molecular formula is C15H18N4O3S. The number of aryl methyl sites for hydroxylation is 1. The lowest BCUT2D eigenvalue weighted by atomic mass is 10.2. The molecule has 0 amide bonds. The molecule has 2 aromatic rings. The monoisotopic (exact) mass is 334 g/mol. The first kappa shape index (κ1) is 16.9. The highest BCUT2D eigenvalue weighted by Gasteiger charge is 2.05. The molecule has 0 saturated carbocycles. The van der Waals surface area contributed by atoms with Gasteiger partial charge in [-0.3, -0.25) is 9.89 Å². The second-order valence-corrected chi connectivity index (χ2v) is 4.93. The van der Waals surface area contributed by atoms with Crippen LogP contribution < -0.4 is 15.0 Å². The van der Waals surface area contributed by atoms with Crippen LogP contribution in [0.1, 0.15) is 25.1 Å². The Balaban J connectivity index is 2.41. The van der Waals surface area contributed by atoms with Gasteiger partial charge < -0.3 is 9.47 Å². The van der Waals surface area contributed by atoms with Crippen molar-refractivity contribution in [1.29, 1.82) is 0 Å². The van der Waals surface area contributed by atoms with E-state index in [1.807, 2.05) is 26.0 Å². The first-order valence-electron chi connectivity index (χ1n) is 7.19. The molecule has 8 heteroatoms. The molecule has 0 saturated heterocycles. The summed E-state index contributed by atoms with van der Waals surface area (Å²) in [6, 6.07) is 5.41. The summed E-state index contributed by atoms with van der Waals surface area (Å²) < 4.78 is 12.3. The highest BCUT2D eigenvalue weighted by atomic mass is 32.1. The number of aromatic nitrogens is 3. The van der Waals surface area contributed by atoms with Crippen molar-refractivity contribution in [2.75, 3.05) is 13.2 Å². The van der Waals surface area contributed by atoms with Gasteiger partial charge in [0.25, 0.3) is 5.56 Å². The van der Waals surface area contributed by atoms with Crippen LogP contribution in [0.3, 0.4) is 0 Å². The van der Waals surface area contributed by atoms with Gasteiger partial charge in [0.1, 0.15) is 17.2 Å². The third kappa shape index (κ3) is 4.04. The average molecular weight is 334 g/mol. The number of ether oxygens (including phenoxy) is 2. The molecule has 122 valence electrons. The number of rotatable bonds is 6. The highest BCUT2D eigenvalue weighted by molar-refractivity contribution is 7.71. The van der Waals surface area contributed by atoms with Crippen molar-refractivity contribution < 1.29 is 9.47 Å². The molecule has 0 aliphatic carbocycles. The molecule has 0 aliphatic heterocycles. The third-order valence-electron chi connectivity index (χ3n) is 2.92. The van der Waals surface area contributed by atoms with Crippen molar-refractivity contribution in [1.82, 2.24) is 14.9 Å². The van der Waals surface area contributed by atoms with Crippen molar-refractivity contribution in [2.45, 2.75) is 20.8 Å². The fourth-order valence-corrected chi connectivity index (χ4v) is 2.03. The Morgan fingerprint density at radius 1 is 1.35 bits per heavy atom. The van der Waals surface area contributed by atoms with Crippen LogP contribution in [0.4, 0.5) is 0 Å². The Morgan fingerprint density at radius 2 is 2.09 bits per heavy atom. The summed E-state index contributed by atoms with van der Waals surface area (Å²) in [7, 11) is 0. The van der Waals surface area contributed by atoms with Crippen LogP contribution in [0.2, 0.25) is 0 Å². The van der Waals surface area contributed by atoms with Crippen molar-refractivity contribution in [2.24, 2.45) is 5.10 Å². The minimum absolute atomic E-state index is 0.126. The molecule has 1 heterocycles. The van der Waals surface area contributed by atoms with Crippen molar-refractivity contribution in [3.05, 3.63) is 44.6 Å². The van der Waals surface area contributed by atoms with Crippen LogP contribution in [0, 0.1) is 11.7 Å². The Morgan fingerprint density at radius 3 is 2.78 bits per heavy atom. The molecule has 0 atom stereocenters. The van der Waals surface area contributed by atoms with Crippen LogP contribution in [-0.4, -0.2) is 34.3 Å². The van der Waals surface area contributed by atoms with E-state index in [1.165, 1.54) is 6.21 Å². The molecule has 0 spiro atoms. The van der Waals surface area contributed by atoms with Crippen LogP contribution in [0.5, 0.6) is 11.5 Å². The SMILES string of the molecule is CCOc1ccc(/C=N\n2c(=S)[nH]nc(C)c2=O)c(OCC)c1. The van der Waals surface area contributed by atoms with Crippen molar-refractivity contribution in [3.8, 4) is 11.5 Å². The topological polar surface area (TPSA) is 81.5 Å². The summed E-state index contributed by atoms with van der Waals surface area (Å²) in [5.41, 5.74) is 0.632. The molecule has 0 aliphatic rings. The Kier molecular flexibility index (Phi) is 5.64. The molecule has 23 heavy (non-hydrogen) atoms. The molecule has 2 rings (SSSR count). The van der Waals surface area contributed by atoms with Gasteiger partial charge in [-0.1, -0.05) is 0 Å². The zero-order valence-corrected chi connectivity index (χ0v) is 14.0. The van der Waals surface area contributed by atoms with E-state index < -0.39 is 0 Å². The lowest BCUT2D eigenvalue weighted by molar-refractivity contribution is 0.323. The second kappa shape index (κ2) is 7.68. The number of hydrogen-bond donors (Lipinski definition) is 1. The van der Waals surface area contributed by atoms with Gasteiger partial charge in [-0.2, -0.15) is 14.9 Å². The molecule has 0 bridgehead atoms. The summed E-state index contributed by atoms with van der Waals surface area (Å²) in [6.45, 7) is 6.46. The predicted octanol–water partition coefficient (Wildman–Crippen LogP) is 2.29. The standard InChI is InChI=1S/C15H18N4O3S/c1-4-21-12-7-6-11(13(8-12)22-5-2)9-16-19-14(20)10(3)17-18-15(19)23/h6-9H,4-5H2,1-3H3,(H,18,23)/b16-9-. The third-order valence-corrected chi connectivity index (χ3v) is 3.19. The molecule has 1 aromatic carbocycles. The first-order chi connectivity index (χ1) is 11.1. The molecular weight excluding hydrogens is 316 g/mol. The summed E-state index contributed by atoms with van der Waals surface area (Å²) in [5, 5.41) is 10.5. The number of H-pyrrole nitrogens is 1. The van der Waals surface area contributed by atoms with E-state index in [-0.39, 0.29) is 16.0 Å². The van der Waals surface area contributed by atoms with Crippen LogP contribution in [0.15, 0.2) is 28.1 Å². The van der Waals surface area contributed by atoms with Gasteiger partial charge in [0.2, 0.25) is 4.77 Å². The second-order valence-electron chi connectivity index (χ2n) is 4.54. The van der Waals surface area contributed by atoms with E-state index in [4.69, 9.17) is 21.7 Å². The van der Waals surface area contributed by atoms with E-state index in [0.29, 0.717) is 30.3 Å². The fourth-order valence-electron chi connectivity index (χ4n) is 1.86. The minimum Gasteiger partial charge on any atom is -0.494 e. The molecule has 0 radical (unpaired) electrons. The number of nitrogens with one attached hydrogen (secondary N) is 1. The Labute approximate surface area is 138 Å². The smallest absolute Gasteiger partial charge is 0.296 e. The zero-order valence-electron chi connectivity index (χ0n) is 13.2. The average Bonchev–Trinajstić information content (AvgIpc) is 2.53. The van der Waals surface area contributed by atoms with Gasteiger partial charge in [0, 0.05) is 11.6 Å². The van der Waals surface area contributed by atoms with Gasteiger partial charge in [-0.05, 0) is 45.1 Å². The quantitative estimate of drug-likeness (QED) is 0.647. The van der Waals surface area contributed by atoms with E-state index in [9.17, 15) is 4.79 Å². The van der Waals surface area contributed by atoms with E-state index >= 15 is 0 Å². The number of aromatic amines is 1. The summed E-state index contributed by atoms with van der Waals surface area (Å²) in [4.78, 5) is 12.0. The van der Waals surface area contributed by atoms with E-state index in [0.717, 1.165) is 4.68 Å². The Bertz CT molecular complexity index is 826. The predicted molar refractivity (Wildman–Crippen MR) is 90.2 cm³/mol. The summed E-state index contributed by atoms with van der Waals surface area (Å²) >= 11 is 5.03. The summed E-state index contributed by atoms with van der Waals surface area (Å²) in [6.07, 6.45) is 1.52. The summed E-state index contributed by atoms with van der Waals surface area (Å²) in [5.74, 6) is 1.33. The molecule has 7 nitrogen and oxygen atoms in total. The van der Waals surface area contributed by atoms with Gasteiger partial charge in [-0.25, -0.2) is 0 Å². The number of benzene rings is 1. The number of nitrogens with zero attached hydrogens (tertiary/aromatic N) is 3. The van der Waals surface area contributed by atoms with Gasteiger partial charge in [-0.15, -0.1) is 0 Å². The first-order valence-corrected chi connectivity index (χ1v) is 7.60. The van der Waals surface area contributed by atoms with Gasteiger partial charge in [0.05, 0.1) is 19.4 Å². The van der Waals surface area contributed by atoms with E-state index in [2.05, 4.69) is 15.3 Å². The molecule has 1 aromatic heterocycles. The largest absolute Gasteiger partial charge is 0.494 e. The highest BCUT2D eigenvalue weighted by Crippen LogP contribution is 2.24. The van der Waals surface area contributed by atoms with Gasteiger partial charge in [0.15, 0.2) is 0 Å². The van der Waals surface area contributed by atoms with Crippen LogP contribution in [0.25, 0.3) is 0 Å². The molecule has 1 N–H and O–H groups in total. The van der Waals surface area contributed by atoms with Crippen molar-refractivity contribution >= 4 is 18.4 Å². The zero-order chi connectivity index (χ0) is 16.8. The maximum atomic E-state index is 12.0.